The average Bonchev–Trinajstić information content (AvgIpc) is 2.75. The third kappa shape index (κ3) is 3.22. The fraction of sp³-hybridized carbons (Fsp3) is 0.250. The van der Waals surface area contributed by atoms with Gasteiger partial charge in [-0.05, 0) is 31.3 Å². The van der Waals surface area contributed by atoms with Crippen molar-refractivity contribution >= 4 is 11.6 Å². The highest BCUT2D eigenvalue weighted by atomic mass is 35.5. The van der Waals surface area contributed by atoms with E-state index < -0.39 is 0 Å². The molecule has 0 aliphatic carbocycles. The van der Waals surface area contributed by atoms with Crippen molar-refractivity contribution in [2.75, 3.05) is 7.05 Å². The van der Waals surface area contributed by atoms with Gasteiger partial charge in [0.2, 0.25) is 0 Å². The summed E-state index contributed by atoms with van der Waals surface area (Å²) in [4.78, 5) is 16.1. The Labute approximate surface area is 104 Å². The number of pyridine rings is 1. The number of rotatable bonds is 4. The quantitative estimate of drug-likeness (QED) is 0.849. The van der Waals surface area contributed by atoms with Gasteiger partial charge in [-0.1, -0.05) is 11.6 Å². The molecular formula is C12H13ClN2O2. The van der Waals surface area contributed by atoms with E-state index >= 15 is 0 Å². The van der Waals surface area contributed by atoms with Crippen LogP contribution in [0.15, 0.2) is 39.7 Å². The van der Waals surface area contributed by atoms with Gasteiger partial charge in [0.05, 0.1) is 12.8 Å². The molecule has 0 saturated carbocycles. The third-order valence-corrected chi connectivity index (χ3v) is 2.62. The van der Waals surface area contributed by atoms with Crippen LogP contribution >= 0.6 is 11.6 Å². The minimum Gasteiger partial charge on any atom is -0.468 e. The average molecular weight is 253 g/mol. The molecule has 2 aromatic rings. The molecule has 0 radical (unpaired) electrons. The van der Waals surface area contributed by atoms with Gasteiger partial charge in [-0.25, -0.2) is 0 Å². The number of nitrogens with one attached hydrogen (secondary N) is 1. The van der Waals surface area contributed by atoms with Gasteiger partial charge in [-0.3, -0.25) is 9.69 Å². The Balaban J connectivity index is 2.03. The lowest BCUT2D eigenvalue weighted by molar-refractivity contribution is 0.287. The van der Waals surface area contributed by atoms with E-state index in [1.807, 2.05) is 24.1 Å². The Kier molecular flexibility index (Phi) is 3.66. The van der Waals surface area contributed by atoms with Gasteiger partial charge in [0.15, 0.2) is 0 Å². The highest BCUT2D eigenvalue weighted by molar-refractivity contribution is 6.29. The zero-order chi connectivity index (χ0) is 12.3. The van der Waals surface area contributed by atoms with Crippen LogP contribution in [-0.4, -0.2) is 16.9 Å². The summed E-state index contributed by atoms with van der Waals surface area (Å²) in [5, 5.41) is 0.354. The summed E-state index contributed by atoms with van der Waals surface area (Å²) < 4.78 is 5.24. The van der Waals surface area contributed by atoms with Crippen LogP contribution in [0.1, 0.15) is 11.3 Å². The molecule has 90 valence electrons. The lowest BCUT2D eigenvalue weighted by Gasteiger charge is -2.14. The molecule has 1 N–H and O–H groups in total. The number of furan rings is 1. The van der Waals surface area contributed by atoms with Crippen LogP contribution in [0.2, 0.25) is 5.15 Å². The molecule has 0 fully saturated rings. The van der Waals surface area contributed by atoms with Crippen LogP contribution in [0, 0.1) is 0 Å². The summed E-state index contributed by atoms with van der Waals surface area (Å²) in [7, 11) is 1.93. The highest BCUT2D eigenvalue weighted by Crippen LogP contribution is 2.07. The van der Waals surface area contributed by atoms with Gasteiger partial charge >= 0.3 is 0 Å². The van der Waals surface area contributed by atoms with E-state index in [4.69, 9.17) is 16.0 Å². The van der Waals surface area contributed by atoms with Crippen molar-refractivity contribution in [1.29, 1.82) is 0 Å². The SMILES string of the molecule is CN(Cc1ccco1)Cc1ccc(Cl)[nH]c1=O. The minimum atomic E-state index is -0.149. The Morgan fingerprint density at radius 2 is 2.18 bits per heavy atom. The highest BCUT2D eigenvalue weighted by Gasteiger charge is 2.06. The van der Waals surface area contributed by atoms with E-state index in [0.29, 0.717) is 23.8 Å². The van der Waals surface area contributed by atoms with E-state index in [-0.39, 0.29) is 5.56 Å². The topological polar surface area (TPSA) is 49.2 Å². The first kappa shape index (κ1) is 12.0. The van der Waals surface area contributed by atoms with E-state index in [9.17, 15) is 4.79 Å². The lowest BCUT2D eigenvalue weighted by atomic mass is 10.2. The fourth-order valence-electron chi connectivity index (χ4n) is 1.62. The Morgan fingerprint density at radius 3 is 2.82 bits per heavy atom. The molecule has 2 aromatic heterocycles. The second-order valence-corrected chi connectivity index (χ2v) is 4.32. The molecule has 0 bridgehead atoms. The first-order valence-corrected chi connectivity index (χ1v) is 5.61. The predicted molar refractivity (Wildman–Crippen MR) is 66.0 cm³/mol. The van der Waals surface area contributed by atoms with Crippen LogP contribution in [0.25, 0.3) is 0 Å². The number of aromatic nitrogens is 1. The van der Waals surface area contributed by atoms with Crippen LogP contribution < -0.4 is 5.56 Å². The van der Waals surface area contributed by atoms with Crippen LogP contribution in [0.3, 0.4) is 0 Å². The summed E-state index contributed by atoms with van der Waals surface area (Å²) in [6.45, 7) is 1.21. The van der Waals surface area contributed by atoms with Gasteiger partial charge in [-0.15, -0.1) is 0 Å². The molecule has 0 atom stereocenters. The number of hydrogen-bond donors (Lipinski definition) is 1. The first-order chi connectivity index (χ1) is 8.15. The van der Waals surface area contributed by atoms with Crippen molar-refractivity contribution < 1.29 is 4.42 Å². The Morgan fingerprint density at radius 1 is 1.35 bits per heavy atom. The van der Waals surface area contributed by atoms with E-state index in [1.54, 1.807) is 18.4 Å². The standard InChI is InChI=1S/C12H13ClN2O2/c1-15(8-10-3-2-6-17-10)7-9-4-5-11(13)14-12(9)16/h2-6H,7-8H2,1H3,(H,14,16). The molecule has 0 spiro atoms. The molecule has 0 aliphatic rings. The maximum absolute atomic E-state index is 11.6. The molecule has 2 rings (SSSR count). The van der Waals surface area contributed by atoms with Gasteiger partial charge in [-0.2, -0.15) is 0 Å². The van der Waals surface area contributed by atoms with Gasteiger partial charge in [0, 0.05) is 12.1 Å². The molecule has 4 nitrogen and oxygen atoms in total. The number of H-pyrrole nitrogens is 1. The predicted octanol–water partition coefficient (Wildman–Crippen LogP) is 2.25. The molecule has 0 aromatic carbocycles. The first-order valence-electron chi connectivity index (χ1n) is 5.24. The number of nitrogens with zero attached hydrogens (tertiary/aromatic N) is 1. The zero-order valence-corrected chi connectivity index (χ0v) is 10.2. The van der Waals surface area contributed by atoms with Crippen molar-refractivity contribution in [2.24, 2.45) is 0 Å². The zero-order valence-electron chi connectivity index (χ0n) is 9.44. The fourth-order valence-corrected chi connectivity index (χ4v) is 1.77. The summed E-state index contributed by atoms with van der Waals surface area (Å²) in [5.41, 5.74) is 0.534. The lowest BCUT2D eigenvalue weighted by Crippen LogP contribution is -2.22. The molecule has 2 heterocycles. The van der Waals surface area contributed by atoms with E-state index in [2.05, 4.69) is 4.98 Å². The van der Waals surface area contributed by atoms with Crippen molar-refractivity contribution in [2.45, 2.75) is 13.1 Å². The Bertz CT molecular complexity index is 534. The Hall–Kier alpha value is -1.52. The van der Waals surface area contributed by atoms with Crippen molar-refractivity contribution in [3.8, 4) is 0 Å². The van der Waals surface area contributed by atoms with Crippen LogP contribution in [0.4, 0.5) is 0 Å². The molecule has 0 aliphatic heterocycles. The third-order valence-electron chi connectivity index (χ3n) is 2.40. The largest absolute Gasteiger partial charge is 0.468 e. The number of hydrogen-bond acceptors (Lipinski definition) is 3. The van der Waals surface area contributed by atoms with Crippen LogP contribution in [0.5, 0.6) is 0 Å². The van der Waals surface area contributed by atoms with Gasteiger partial charge in [0.25, 0.3) is 5.56 Å². The number of halogens is 1. The summed E-state index contributed by atoms with van der Waals surface area (Å²) in [5.74, 6) is 0.873. The smallest absolute Gasteiger partial charge is 0.253 e. The summed E-state index contributed by atoms with van der Waals surface area (Å²) >= 11 is 5.68. The molecule has 0 saturated heterocycles. The maximum atomic E-state index is 11.6. The molecular weight excluding hydrogens is 240 g/mol. The number of aromatic amines is 1. The maximum Gasteiger partial charge on any atom is 0.253 e. The molecule has 5 heteroatoms. The second kappa shape index (κ2) is 5.21. The molecule has 0 amide bonds. The molecule has 17 heavy (non-hydrogen) atoms. The molecule has 0 unspecified atom stereocenters. The van der Waals surface area contributed by atoms with Crippen LogP contribution in [-0.2, 0) is 13.1 Å². The van der Waals surface area contributed by atoms with Crippen molar-refractivity contribution in [3.05, 3.63) is 57.4 Å². The van der Waals surface area contributed by atoms with Gasteiger partial charge < -0.3 is 9.40 Å². The summed E-state index contributed by atoms with van der Waals surface area (Å²) in [6.07, 6.45) is 1.64. The van der Waals surface area contributed by atoms with E-state index in [1.165, 1.54) is 0 Å². The van der Waals surface area contributed by atoms with Crippen molar-refractivity contribution in [3.63, 3.8) is 0 Å². The van der Waals surface area contributed by atoms with E-state index in [0.717, 1.165) is 5.76 Å². The second-order valence-electron chi connectivity index (χ2n) is 3.91. The minimum absolute atomic E-state index is 0.149. The normalized spacial score (nSPS) is 11.0. The van der Waals surface area contributed by atoms with Gasteiger partial charge in [0.1, 0.15) is 10.9 Å². The monoisotopic (exact) mass is 252 g/mol. The summed E-state index contributed by atoms with van der Waals surface area (Å²) in [6, 6.07) is 7.17. The van der Waals surface area contributed by atoms with Crippen molar-refractivity contribution in [1.82, 2.24) is 9.88 Å².